The lowest BCUT2D eigenvalue weighted by molar-refractivity contribution is 0.391. The van der Waals surface area contributed by atoms with Crippen molar-refractivity contribution < 1.29 is 0 Å². The molecule has 0 saturated heterocycles. The Hall–Kier alpha value is -1.13. The molecule has 0 amide bonds. The Morgan fingerprint density at radius 3 is 2.61 bits per heavy atom. The van der Waals surface area contributed by atoms with Gasteiger partial charge >= 0.3 is 0 Å². The second-order valence-electron chi connectivity index (χ2n) is 5.04. The van der Waals surface area contributed by atoms with E-state index in [2.05, 4.69) is 53.2 Å². The number of rotatable bonds is 5. The van der Waals surface area contributed by atoms with Gasteiger partial charge in [0.05, 0.1) is 0 Å². The summed E-state index contributed by atoms with van der Waals surface area (Å²) in [6, 6.07) is 4.90. The van der Waals surface area contributed by atoms with E-state index in [0.29, 0.717) is 12.0 Å². The van der Waals surface area contributed by atoms with E-state index in [0.717, 1.165) is 5.82 Å². The molecule has 0 radical (unpaired) electrons. The molecule has 18 heavy (non-hydrogen) atoms. The molecule has 0 spiro atoms. The normalized spacial score (nSPS) is 14.9. The molecule has 2 aromatic heterocycles. The van der Waals surface area contributed by atoms with Gasteiger partial charge < -0.3 is 9.88 Å². The molecule has 1 N–H and O–H groups in total. The van der Waals surface area contributed by atoms with Crippen molar-refractivity contribution >= 4 is 11.3 Å². The SMILES string of the molecule is CC(C)C(C)NC(c1cccs1)c1nccn1C. The summed E-state index contributed by atoms with van der Waals surface area (Å²) in [5.41, 5.74) is 0. The van der Waals surface area contributed by atoms with Gasteiger partial charge in [-0.15, -0.1) is 11.3 Å². The van der Waals surface area contributed by atoms with Crippen LogP contribution in [-0.2, 0) is 7.05 Å². The molecule has 0 aromatic carbocycles. The minimum Gasteiger partial charge on any atom is -0.336 e. The lowest BCUT2D eigenvalue weighted by Gasteiger charge is -2.24. The van der Waals surface area contributed by atoms with Gasteiger partial charge in [-0.3, -0.25) is 0 Å². The molecule has 2 atom stereocenters. The van der Waals surface area contributed by atoms with Gasteiger partial charge in [0.2, 0.25) is 0 Å². The summed E-state index contributed by atoms with van der Waals surface area (Å²) in [7, 11) is 2.05. The van der Waals surface area contributed by atoms with Gasteiger partial charge in [-0.25, -0.2) is 4.98 Å². The molecule has 3 nitrogen and oxygen atoms in total. The molecule has 2 heterocycles. The van der Waals surface area contributed by atoms with Crippen LogP contribution in [0, 0.1) is 5.92 Å². The van der Waals surface area contributed by atoms with Gasteiger partial charge in [0.1, 0.15) is 11.9 Å². The molecule has 2 unspecified atom stereocenters. The summed E-state index contributed by atoms with van der Waals surface area (Å²) in [5, 5.41) is 5.81. The van der Waals surface area contributed by atoms with E-state index in [9.17, 15) is 0 Å². The highest BCUT2D eigenvalue weighted by atomic mass is 32.1. The van der Waals surface area contributed by atoms with Gasteiger partial charge in [-0.1, -0.05) is 19.9 Å². The smallest absolute Gasteiger partial charge is 0.131 e. The van der Waals surface area contributed by atoms with Crippen LogP contribution in [0.3, 0.4) is 0 Å². The maximum Gasteiger partial charge on any atom is 0.131 e. The van der Waals surface area contributed by atoms with Gasteiger partial charge in [-0.2, -0.15) is 0 Å². The van der Waals surface area contributed by atoms with E-state index in [1.54, 1.807) is 11.3 Å². The minimum absolute atomic E-state index is 0.183. The fourth-order valence-corrected chi connectivity index (χ4v) is 2.63. The molecular formula is C14H21N3S. The van der Waals surface area contributed by atoms with Crippen molar-refractivity contribution in [3.05, 3.63) is 40.6 Å². The molecule has 0 aliphatic carbocycles. The Morgan fingerprint density at radius 2 is 2.11 bits per heavy atom. The van der Waals surface area contributed by atoms with Crippen LogP contribution < -0.4 is 5.32 Å². The second kappa shape index (κ2) is 5.67. The average Bonchev–Trinajstić information content (AvgIpc) is 2.96. The van der Waals surface area contributed by atoms with E-state index in [4.69, 9.17) is 0 Å². The number of hydrogen-bond acceptors (Lipinski definition) is 3. The maximum atomic E-state index is 4.49. The summed E-state index contributed by atoms with van der Waals surface area (Å²) < 4.78 is 2.09. The van der Waals surface area contributed by atoms with Crippen LogP contribution in [0.5, 0.6) is 0 Å². The number of aryl methyl sites for hydroxylation is 1. The zero-order chi connectivity index (χ0) is 13.1. The highest BCUT2D eigenvalue weighted by Crippen LogP contribution is 2.25. The van der Waals surface area contributed by atoms with Crippen LogP contribution in [-0.4, -0.2) is 15.6 Å². The fourth-order valence-electron chi connectivity index (χ4n) is 1.85. The number of imidazole rings is 1. The van der Waals surface area contributed by atoms with Crippen LogP contribution in [0.2, 0.25) is 0 Å². The number of thiophene rings is 1. The highest BCUT2D eigenvalue weighted by Gasteiger charge is 2.22. The zero-order valence-corrected chi connectivity index (χ0v) is 12.2. The van der Waals surface area contributed by atoms with E-state index in [-0.39, 0.29) is 6.04 Å². The fraction of sp³-hybridized carbons (Fsp3) is 0.500. The lowest BCUT2D eigenvalue weighted by atomic mass is 10.0. The summed E-state index contributed by atoms with van der Waals surface area (Å²) in [5.74, 6) is 1.68. The molecule has 98 valence electrons. The van der Waals surface area contributed by atoms with Crippen LogP contribution in [0.15, 0.2) is 29.9 Å². The number of hydrogen-bond donors (Lipinski definition) is 1. The molecule has 2 rings (SSSR count). The lowest BCUT2D eigenvalue weighted by Crippen LogP contribution is -2.35. The van der Waals surface area contributed by atoms with Crippen molar-refractivity contribution in [2.24, 2.45) is 13.0 Å². The Labute approximate surface area is 113 Å². The predicted molar refractivity (Wildman–Crippen MR) is 76.8 cm³/mol. The van der Waals surface area contributed by atoms with Crippen LogP contribution >= 0.6 is 11.3 Å². The van der Waals surface area contributed by atoms with Gasteiger partial charge in [0, 0.05) is 30.4 Å². The Kier molecular flexibility index (Phi) is 4.19. The second-order valence-corrected chi connectivity index (χ2v) is 6.02. The van der Waals surface area contributed by atoms with Crippen molar-refractivity contribution in [2.45, 2.75) is 32.9 Å². The van der Waals surface area contributed by atoms with Crippen LogP contribution in [0.4, 0.5) is 0 Å². The largest absolute Gasteiger partial charge is 0.336 e. The van der Waals surface area contributed by atoms with Crippen LogP contribution in [0.25, 0.3) is 0 Å². The molecule has 0 bridgehead atoms. The van der Waals surface area contributed by atoms with Gasteiger partial charge in [-0.05, 0) is 24.3 Å². The first-order valence-corrected chi connectivity index (χ1v) is 7.24. The van der Waals surface area contributed by atoms with E-state index in [1.165, 1.54) is 4.88 Å². The Balaban J connectivity index is 2.27. The summed E-state index contributed by atoms with van der Waals surface area (Å²) in [4.78, 5) is 5.81. The first-order valence-electron chi connectivity index (χ1n) is 6.36. The van der Waals surface area contributed by atoms with Crippen LogP contribution in [0.1, 0.15) is 37.5 Å². The zero-order valence-electron chi connectivity index (χ0n) is 11.4. The number of nitrogens with zero attached hydrogens (tertiary/aromatic N) is 2. The third-order valence-electron chi connectivity index (χ3n) is 3.37. The topological polar surface area (TPSA) is 29.9 Å². The Morgan fingerprint density at radius 1 is 1.33 bits per heavy atom. The summed E-state index contributed by atoms with van der Waals surface area (Å²) >= 11 is 1.78. The number of nitrogens with one attached hydrogen (secondary N) is 1. The van der Waals surface area contributed by atoms with Crippen molar-refractivity contribution in [2.75, 3.05) is 0 Å². The molecular weight excluding hydrogens is 242 g/mol. The standard InChI is InChI=1S/C14H21N3S/c1-10(2)11(3)16-13(12-6-5-9-18-12)14-15-7-8-17(14)4/h5-11,13,16H,1-4H3. The third kappa shape index (κ3) is 2.82. The van der Waals surface area contributed by atoms with Crippen molar-refractivity contribution in [1.82, 2.24) is 14.9 Å². The first-order chi connectivity index (χ1) is 8.59. The highest BCUT2D eigenvalue weighted by molar-refractivity contribution is 7.10. The monoisotopic (exact) mass is 263 g/mol. The number of aromatic nitrogens is 2. The summed E-state index contributed by atoms with van der Waals surface area (Å²) in [6.07, 6.45) is 3.86. The molecule has 0 aliphatic rings. The molecule has 2 aromatic rings. The van der Waals surface area contributed by atoms with Crippen molar-refractivity contribution in [1.29, 1.82) is 0 Å². The van der Waals surface area contributed by atoms with E-state index in [1.807, 2.05) is 19.4 Å². The first kappa shape index (κ1) is 13.3. The van der Waals surface area contributed by atoms with Gasteiger partial charge in [0.25, 0.3) is 0 Å². The van der Waals surface area contributed by atoms with Crippen molar-refractivity contribution in [3.8, 4) is 0 Å². The van der Waals surface area contributed by atoms with Gasteiger partial charge in [0.15, 0.2) is 0 Å². The van der Waals surface area contributed by atoms with E-state index < -0.39 is 0 Å². The quantitative estimate of drug-likeness (QED) is 0.897. The molecule has 4 heteroatoms. The molecule has 0 fully saturated rings. The third-order valence-corrected chi connectivity index (χ3v) is 4.31. The van der Waals surface area contributed by atoms with Crippen molar-refractivity contribution in [3.63, 3.8) is 0 Å². The average molecular weight is 263 g/mol. The minimum atomic E-state index is 0.183. The Bertz CT molecular complexity index is 473. The van der Waals surface area contributed by atoms with E-state index >= 15 is 0 Å². The predicted octanol–water partition coefficient (Wildman–Crippen LogP) is 3.21. The summed E-state index contributed by atoms with van der Waals surface area (Å²) in [6.45, 7) is 6.71. The maximum absolute atomic E-state index is 4.49. The molecule has 0 saturated carbocycles. The molecule has 0 aliphatic heterocycles.